The zero-order chi connectivity index (χ0) is 17.1. The van der Waals surface area contributed by atoms with Crippen molar-refractivity contribution in [3.63, 3.8) is 0 Å². The molecule has 6 nitrogen and oxygen atoms in total. The molecule has 1 aromatic carbocycles. The van der Waals surface area contributed by atoms with Gasteiger partial charge in [0, 0.05) is 18.7 Å². The summed E-state index contributed by atoms with van der Waals surface area (Å²) in [5.41, 5.74) is 0.521. The Morgan fingerprint density at radius 1 is 1.21 bits per heavy atom. The molecular weight excluding hydrogens is 306 g/mol. The number of hydrogen-bond acceptors (Lipinski definition) is 4. The normalized spacial score (nSPS) is 23.2. The standard InChI is InChI=1S/C18H21N3O3/c1-24-15-7-2-5-13(11-15)17(22)21-10-4-8-16(21)18(23)20-9-3-6-14(20)12-19/h2,5,7,11,14,16H,3-4,6,8-10H2,1H3/t14-,16-/m0/s1. The zero-order valence-electron chi connectivity index (χ0n) is 13.8. The Balaban J connectivity index is 1.78. The van der Waals surface area contributed by atoms with Crippen molar-refractivity contribution in [1.29, 1.82) is 5.26 Å². The summed E-state index contributed by atoms with van der Waals surface area (Å²) < 4.78 is 5.17. The summed E-state index contributed by atoms with van der Waals surface area (Å²) in [6, 6.07) is 8.36. The minimum atomic E-state index is -0.461. The van der Waals surface area contributed by atoms with E-state index in [0.717, 1.165) is 19.3 Å². The Bertz CT molecular complexity index is 682. The summed E-state index contributed by atoms with van der Waals surface area (Å²) in [6.45, 7) is 1.17. The van der Waals surface area contributed by atoms with Crippen LogP contribution in [0.5, 0.6) is 5.75 Å². The largest absolute Gasteiger partial charge is 0.497 e. The number of nitriles is 1. The monoisotopic (exact) mass is 327 g/mol. The first kappa shape index (κ1) is 16.3. The van der Waals surface area contributed by atoms with Crippen molar-refractivity contribution in [2.45, 2.75) is 37.8 Å². The molecule has 3 rings (SSSR count). The van der Waals surface area contributed by atoms with Crippen LogP contribution < -0.4 is 4.74 Å². The molecule has 0 aliphatic carbocycles. The highest BCUT2D eigenvalue weighted by Crippen LogP contribution is 2.26. The molecule has 126 valence electrons. The van der Waals surface area contributed by atoms with Gasteiger partial charge in [0.2, 0.25) is 5.91 Å². The molecule has 0 N–H and O–H groups in total. The molecule has 1 aromatic rings. The predicted molar refractivity (Wildman–Crippen MR) is 87.4 cm³/mol. The van der Waals surface area contributed by atoms with Crippen molar-refractivity contribution in [2.75, 3.05) is 20.2 Å². The predicted octanol–water partition coefficient (Wildman–Crippen LogP) is 1.81. The lowest BCUT2D eigenvalue weighted by atomic mass is 10.1. The second-order valence-electron chi connectivity index (χ2n) is 6.21. The third-order valence-corrected chi connectivity index (χ3v) is 4.80. The van der Waals surface area contributed by atoms with Gasteiger partial charge in [-0.15, -0.1) is 0 Å². The smallest absolute Gasteiger partial charge is 0.254 e. The van der Waals surface area contributed by atoms with E-state index in [1.165, 1.54) is 0 Å². The number of amides is 2. The fourth-order valence-electron chi connectivity index (χ4n) is 3.54. The lowest BCUT2D eigenvalue weighted by molar-refractivity contribution is -0.135. The van der Waals surface area contributed by atoms with Crippen molar-refractivity contribution in [3.05, 3.63) is 29.8 Å². The van der Waals surface area contributed by atoms with Gasteiger partial charge in [0.05, 0.1) is 13.2 Å². The minimum absolute atomic E-state index is 0.0900. The maximum Gasteiger partial charge on any atom is 0.254 e. The van der Waals surface area contributed by atoms with Gasteiger partial charge in [-0.25, -0.2) is 0 Å². The molecule has 2 saturated heterocycles. The van der Waals surface area contributed by atoms with E-state index in [1.54, 1.807) is 41.2 Å². The average molecular weight is 327 g/mol. The average Bonchev–Trinajstić information content (AvgIpc) is 3.29. The lowest BCUT2D eigenvalue weighted by Crippen LogP contribution is -2.49. The molecule has 0 saturated carbocycles. The number of carbonyl (C=O) groups excluding carboxylic acids is 2. The van der Waals surface area contributed by atoms with Crippen LogP contribution in [-0.2, 0) is 4.79 Å². The number of carbonyl (C=O) groups is 2. The third kappa shape index (κ3) is 2.94. The Kier molecular flexibility index (Phi) is 4.70. The van der Waals surface area contributed by atoms with Gasteiger partial charge in [0.25, 0.3) is 5.91 Å². The van der Waals surface area contributed by atoms with Crippen molar-refractivity contribution in [2.24, 2.45) is 0 Å². The number of ether oxygens (including phenoxy) is 1. The van der Waals surface area contributed by atoms with E-state index in [1.807, 2.05) is 0 Å². The fourth-order valence-corrected chi connectivity index (χ4v) is 3.54. The lowest BCUT2D eigenvalue weighted by Gasteiger charge is -2.29. The van der Waals surface area contributed by atoms with Crippen molar-refractivity contribution < 1.29 is 14.3 Å². The molecule has 2 amide bonds. The summed E-state index contributed by atoms with van der Waals surface area (Å²) in [5.74, 6) is 0.372. The van der Waals surface area contributed by atoms with Crippen LogP contribution in [0.15, 0.2) is 24.3 Å². The SMILES string of the molecule is COc1cccc(C(=O)N2CCC[C@H]2C(=O)N2CCC[C@H]2C#N)c1. The number of benzene rings is 1. The molecule has 24 heavy (non-hydrogen) atoms. The Morgan fingerprint density at radius 3 is 2.71 bits per heavy atom. The number of nitrogens with zero attached hydrogens (tertiary/aromatic N) is 3. The maximum atomic E-state index is 12.8. The van der Waals surface area contributed by atoms with E-state index < -0.39 is 6.04 Å². The summed E-state index contributed by atoms with van der Waals surface area (Å²) in [5, 5.41) is 9.20. The minimum Gasteiger partial charge on any atom is -0.497 e. The van der Waals surface area contributed by atoms with Crippen LogP contribution in [0.2, 0.25) is 0 Å². The van der Waals surface area contributed by atoms with E-state index >= 15 is 0 Å². The summed E-state index contributed by atoms with van der Waals surface area (Å²) in [6.07, 6.45) is 3.03. The van der Waals surface area contributed by atoms with E-state index in [9.17, 15) is 14.9 Å². The van der Waals surface area contributed by atoms with Gasteiger partial charge in [-0.1, -0.05) is 6.07 Å². The highest BCUT2D eigenvalue weighted by Gasteiger charge is 2.40. The summed E-state index contributed by atoms with van der Waals surface area (Å²) in [4.78, 5) is 29.0. The van der Waals surface area contributed by atoms with E-state index in [2.05, 4.69) is 6.07 Å². The van der Waals surface area contributed by atoms with E-state index in [4.69, 9.17) is 4.74 Å². The zero-order valence-corrected chi connectivity index (χ0v) is 13.8. The Hall–Kier alpha value is -2.55. The van der Waals surface area contributed by atoms with Crippen LogP contribution in [0, 0.1) is 11.3 Å². The first-order valence-electron chi connectivity index (χ1n) is 8.31. The summed E-state index contributed by atoms with van der Waals surface area (Å²) in [7, 11) is 1.56. The second-order valence-corrected chi connectivity index (χ2v) is 6.21. The van der Waals surface area contributed by atoms with Gasteiger partial charge in [0.15, 0.2) is 0 Å². The van der Waals surface area contributed by atoms with Gasteiger partial charge < -0.3 is 14.5 Å². The topological polar surface area (TPSA) is 73.6 Å². The quantitative estimate of drug-likeness (QED) is 0.849. The number of hydrogen-bond donors (Lipinski definition) is 0. The van der Waals surface area contributed by atoms with Crippen LogP contribution in [0.1, 0.15) is 36.0 Å². The molecule has 2 aliphatic heterocycles. The molecule has 0 radical (unpaired) electrons. The van der Waals surface area contributed by atoms with E-state index in [0.29, 0.717) is 30.8 Å². The first-order valence-corrected chi connectivity index (χ1v) is 8.31. The Morgan fingerprint density at radius 2 is 1.96 bits per heavy atom. The first-order chi connectivity index (χ1) is 11.7. The summed E-state index contributed by atoms with van der Waals surface area (Å²) >= 11 is 0. The fraction of sp³-hybridized carbons (Fsp3) is 0.500. The molecule has 6 heteroatoms. The molecule has 0 unspecified atom stereocenters. The molecule has 2 heterocycles. The molecular formula is C18H21N3O3. The van der Waals surface area contributed by atoms with Gasteiger partial charge in [-0.2, -0.15) is 5.26 Å². The van der Waals surface area contributed by atoms with Gasteiger partial charge in [-0.05, 0) is 43.9 Å². The molecule has 2 atom stereocenters. The van der Waals surface area contributed by atoms with Crippen molar-refractivity contribution in [1.82, 2.24) is 9.80 Å². The van der Waals surface area contributed by atoms with Gasteiger partial charge in [-0.3, -0.25) is 9.59 Å². The highest BCUT2D eigenvalue weighted by molar-refractivity contribution is 5.98. The number of methoxy groups -OCH3 is 1. The van der Waals surface area contributed by atoms with Crippen LogP contribution in [-0.4, -0.2) is 53.9 Å². The highest BCUT2D eigenvalue weighted by atomic mass is 16.5. The molecule has 0 spiro atoms. The molecule has 0 aromatic heterocycles. The van der Waals surface area contributed by atoms with Gasteiger partial charge >= 0.3 is 0 Å². The third-order valence-electron chi connectivity index (χ3n) is 4.80. The number of likely N-dealkylation sites (tertiary alicyclic amines) is 2. The van der Waals surface area contributed by atoms with E-state index in [-0.39, 0.29) is 17.9 Å². The van der Waals surface area contributed by atoms with Crippen LogP contribution >= 0.6 is 0 Å². The Labute approximate surface area is 141 Å². The van der Waals surface area contributed by atoms with Crippen LogP contribution in [0.25, 0.3) is 0 Å². The molecule has 2 aliphatic rings. The second kappa shape index (κ2) is 6.91. The van der Waals surface area contributed by atoms with Crippen LogP contribution in [0.3, 0.4) is 0 Å². The number of rotatable bonds is 3. The van der Waals surface area contributed by atoms with Crippen molar-refractivity contribution >= 4 is 11.8 Å². The van der Waals surface area contributed by atoms with Crippen LogP contribution in [0.4, 0.5) is 0 Å². The molecule has 0 bridgehead atoms. The van der Waals surface area contributed by atoms with Gasteiger partial charge in [0.1, 0.15) is 17.8 Å². The molecule has 2 fully saturated rings. The van der Waals surface area contributed by atoms with Crippen molar-refractivity contribution in [3.8, 4) is 11.8 Å². The maximum absolute atomic E-state index is 12.8.